The standard InChI is InChI=1S/C9H16N2/c1-3-11-9(2)6-4-5-8(10)7-9/h4-5,7,11H,3,6,10H2,1-2H3. The molecule has 0 amide bonds. The van der Waals surface area contributed by atoms with Gasteiger partial charge in [-0.15, -0.1) is 0 Å². The van der Waals surface area contributed by atoms with Crippen molar-refractivity contribution in [2.75, 3.05) is 6.54 Å². The van der Waals surface area contributed by atoms with E-state index in [0.717, 1.165) is 18.7 Å². The average molecular weight is 152 g/mol. The third-order valence-corrected chi connectivity index (χ3v) is 1.92. The lowest BCUT2D eigenvalue weighted by Gasteiger charge is -2.28. The van der Waals surface area contributed by atoms with Crippen LogP contribution in [0.5, 0.6) is 0 Å². The Morgan fingerprint density at radius 1 is 1.73 bits per heavy atom. The smallest absolute Gasteiger partial charge is 0.0393 e. The molecule has 0 saturated heterocycles. The molecule has 0 aromatic carbocycles. The van der Waals surface area contributed by atoms with Crippen LogP contribution < -0.4 is 11.1 Å². The molecule has 3 N–H and O–H groups in total. The summed E-state index contributed by atoms with van der Waals surface area (Å²) in [6.07, 6.45) is 7.18. The second kappa shape index (κ2) is 3.09. The second-order valence-electron chi connectivity index (χ2n) is 3.20. The summed E-state index contributed by atoms with van der Waals surface area (Å²) >= 11 is 0. The highest BCUT2D eigenvalue weighted by atomic mass is 14.9. The maximum Gasteiger partial charge on any atom is 0.0393 e. The van der Waals surface area contributed by atoms with E-state index < -0.39 is 0 Å². The van der Waals surface area contributed by atoms with Gasteiger partial charge in [0.15, 0.2) is 0 Å². The van der Waals surface area contributed by atoms with Crippen LogP contribution in [0.3, 0.4) is 0 Å². The molecule has 0 heterocycles. The molecule has 1 aliphatic carbocycles. The molecule has 1 unspecified atom stereocenters. The molecule has 0 fully saturated rings. The Hall–Kier alpha value is -0.760. The minimum atomic E-state index is 0.0770. The van der Waals surface area contributed by atoms with Crippen molar-refractivity contribution in [1.29, 1.82) is 0 Å². The molecular weight excluding hydrogens is 136 g/mol. The van der Waals surface area contributed by atoms with Crippen molar-refractivity contribution in [2.24, 2.45) is 5.73 Å². The predicted octanol–water partition coefficient (Wildman–Crippen LogP) is 1.16. The van der Waals surface area contributed by atoms with Crippen LogP contribution in [0.1, 0.15) is 20.3 Å². The van der Waals surface area contributed by atoms with E-state index >= 15 is 0 Å². The number of nitrogens with two attached hydrogens (primary N) is 1. The third-order valence-electron chi connectivity index (χ3n) is 1.92. The fourth-order valence-corrected chi connectivity index (χ4v) is 1.44. The van der Waals surface area contributed by atoms with Gasteiger partial charge in [-0.2, -0.15) is 0 Å². The molecule has 1 aliphatic rings. The lowest BCUT2D eigenvalue weighted by atomic mass is 9.92. The van der Waals surface area contributed by atoms with E-state index in [9.17, 15) is 0 Å². The molecule has 0 radical (unpaired) electrons. The van der Waals surface area contributed by atoms with Gasteiger partial charge in [0.1, 0.15) is 0 Å². The van der Waals surface area contributed by atoms with Gasteiger partial charge < -0.3 is 11.1 Å². The Morgan fingerprint density at radius 3 is 3.00 bits per heavy atom. The van der Waals surface area contributed by atoms with Gasteiger partial charge in [-0.1, -0.05) is 13.0 Å². The zero-order valence-electron chi connectivity index (χ0n) is 7.22. The van der Waals surface area contributed by atoms with Crippen LogP contribution in [0.2, 0.25) is 0 Å². The van der Waals surface area contributed by atoms with E-state index in [-0.39, 0.29) is 5.54 Å². The molecule has 0 saturated carbocycles. The highest BCUT2D eigenvalue weighted by molar-refractivity contribution is 5.26. The average Bonchev–Trinajstić information content (AvgIpc) is 1.86. The van der Waals surface area contributed by atoms with Crippen LogP contribution >= 0.6 is 0 Å². The van der Waals surface area contributed by atoms with Gasteiger partial charge in [0.25, 0.3) is 0 Å². The summed E-state index contributed by atoms with van der Waals surface area (Å²) in [4.78, 5) is 0. The van der Waals surface area contributed by atoms with E-state index in [0.29, 0.717) is 0 Å². The van der Waals surface area contributed by atoms with Crippen LogP contribution in [0.4, 0.5) is 0 Å². The fraction of sp³-hybridized carbons (Fsp3) is 0.556. The van der Waals surface area contributed by atoms with Crippen molar-refractivity contribution in [3.05, 3.63) is 23.9 Å². The first-order valence-corrected chi connectivity index (χ1v) is 4.06. The first kappa shape index (κ1) is 8.34. The summed E-state index contributed by atoms with van der Waals surface area (Å²) in [6, 6.07) is 0. The van der Waals surface area contributed by atoms with Crippen LogP contribution in [0.25, 0.3) is 0 Å². The molecule has 2 heteroatoms. The predicted molar refractivity (Wildman–Crippen MR) is 48.1 cm³/mol. The lowest BCUT2D eigenvalue weighted by molar-refractivity contribution is 0.448. The first-order chi connectivity index (χ1) is 5.16. The van der Waals surface area contributed by atoms with Gasteiger partial charge in [-0.05, 0) is 32.0 Å². The van der Waals surface area contributed by atoms with Crippen molar-refractivity contribution in [1.82, 2.24) is 5.32 Å². The zero-order chi connectivity index (χ0) is 8.32. The van der Waals surface area contributed by atoms with Gasteiger partial charge in [0, 0.05) is 11.2 Å². The molecular formula is C9H16N2. The Labute approximate surface area is 68.2 Å². The lowest BCUT2D eigenvalue weighted by Crippen LogP contribution is -2.41. The van der Waals surface area contributed by atoms with Gasteiger partial charge in [0.2, 0.25) is 0 Å². The minimum absolute atomic E-state index is 0.0770. The summed E-state index contributed by atoms with van der Waals surface area (Å²) in [5.74, 6) is 0. The van der Waals surface area contributed by atoms with Gasteiger partial charge >= 0.3 is 0 Å². The topological polar surface area (TPSA) is 38.0 Å². The number of hydrogen-bond acceptors (Lipinski definition) is 2. The summed E-state index contributed by atoms with van der Waals surface area (Å²) in [7, 11) is 0. The van der Waals surface area contributed by atoms with E-state index in [4.69, 9.17) is 5.73 Å². The Bertz CT molecular complexity index is 194. The van der Waals surface area contributed by atoms with Crippen LogP contribution in [-0.2, 0) is 0 Å². The SMILES string of the molecule is CCNC1(C)C=C(N)C=CC1. The Morgan fingerprint density at radius 2 is 2.45 bits per heavy atom. The maximum absolute atomic E-state index is 5.67. The van der Waals surface area contributed by atoms with Gasteiger partial charge in [0.05, 0.1) is 0 Å². The maximum atomic E-state index is 5.67. The Balaban J connectivity index is 2.66. The highest BCUT2D eigenvalue weighted by Gasteiger charge is 2.20. The van der Waals surface area contributed by atoms with Crippen LogP contribution in [0, 0.1) is 0 Å². The molecule has 2 nitrogen and oxygen atoms in total. The van der Waals surface area contributed by atoms with E-state index in [1.807, 2.05) is 6.08 Å². The van der Waals surface area contributed by atoms with E-state index in [2.05, 4.69) is 31.3 Å². The van der Waals surface area contributed by atoms with E-state index in [1.165, 1.54) is 0 Å². The molecule has 62 valence electrons. The highest BCUT2D eigenvalue weighted by Crippen LogP contribution is 2.18. The number of allylic oxidation sites excluding steroid dienone is 1. The minimum Gasteiger partial charge on any atom is -0.399 e. The molecule has 1 atom stereocenters. The number of nitrogens with one attached hydrogen (secondary N) is 1. The summed E-state index contributed by atoms with van der Waals surface area (Å²) in [5, 5.41) is 3.38. The van der Waals surface area contributed by atoms with Crippen molar-refractivity contribution in [3.8, 4) is 0 Å². The second-order valence-corrected chi connectivity index (χ2v) is 3.20. The third kappa shape index (κ3) is 2.09. The summed E-state index contributed by atoms with van der Waals surface area (Å²) in [5.41, 5.74) is 6.61. The van der Waals surface area contributed by atoms with Crippen molar-refractivity contribution in [2.45, 2.75) is 25.8 Å². The molecule has 0 spiro atoms. The first-order valence-electron chi connectivity index (χ1n) is 4.06. The zero-order valence-corrected chi connectivity index (χ0v) is 7.22. The molecule has 0 aromatic heterocycles. The quantitative estimate of drug-likeness (QED) is 0.623. The largest absolute Gasteiger partial charge is 0.399 e. The van der Waals surface area contributed by atoms with Crippen molar-refractivity contribution < 1.29 is 0 Å². The molecule has 0 aromatic rings. The van der Waals surface area contributed by atoms with Crippen LogP contribution in [0.15, 0.2) is 23.9 Å². The van der Waals surface area contributed by atoms with Gasteiger partial charge in [-0.25, -0.2) is 0 Å². The van der Waals surface area contributed by atoms with Crippen molar-refractivity contribution >= 4 is 0 Å². The molecule has 1 rings (SSSR count). The van der Waals surface area contributed by atoms with Crippen LogP contribution in [-0.4, -0.2) is 12.1 Å². The van der Waals surface area contributed by atoms with Gasteiger partial charge in [-0.3, -0.25) is 0 Å². The number of likely N-dealkylation sites (N-methyl/N-ethyl adjacent to an activating group) is 1. The normalized spacial score (nSPS) is 30.2. The number of rotatable bonds is 2. The monoisotopic (exact) mass is 152 g/mol. The summed E-state index contributed by atoms with van der Waals surface area (Å²) in [6.45, 7) is 5.24. The fourth-order valence-electron chi connectivity index (χ4n) is 1.44. The molecule has 0 bridgehead atoms. The molecule has 11 heavy (non-hydrogen) atoms. The van der Waals surface area contributed by atoms with E-state index in [1.54, 1.807) is 0 Å². The Kier molecular flexibility index (Phi) is 2.35. The number of hydrogen-bond donors (Lipinski definition) is 2. The van der Waals surface area contributed by atoms with Crippen molar-refractivity contribution in [3.63, 3.8) is 0 Å². The summed E-state index contributed by atoms with van der Waals surface area (Å²) < 4.78 is 0. The molecule has 0 aliphatic heterocycles.